The second-order valence-electron chi connectivity index (χ2n) is 2.89. The zero-order valence-electron chi connectivity index (χ0n) is 7.21. The maximum absolute atomic E-state index is 12.3. The third-order valence-electron chi connectivity index (χ3n) is 1.85. The van der Waals surface area contributed by atoms with Crippen molar-refractivity contribution in [3.63, 3.8) is 0 Å². The number of nitrogens with zero attached hydrogens (tertiary/aromatic N) is 3. The van der Waals surface area contributed by atoms with Crippen LogP contribution in [-0.2, 0) is 13.2 Å². The van der Waals surface area contributed by atoms with Crippen LogP contribution in [0.5, 0.6) is 0 Å². The van der Waals surface area contributed by atoms with Crippen molar-refractivity contribution in [3.05, 3.63) is 24.2 Å². The average molecular weight is 201 g/mol. The van der Waals surface area contributed by atoms with Gasteiger partial charge in [-0.15, -0.1) is 0 Å². The van der Waals surface area contributed by atoms with E-state index in [1.54, 1.807) is 7.05 Å². The number of rotatable bonds is 0. The van der Waals surface area contributed by atoms with Crippen LogP contribution in [-0.4, -0.2) is 14.5 Å². The molecule has 2 aromatic heterocycles. The van der Waals surface area contributed by atoms with Crippen LogP contribution in [0.4, 0.5) is 13.2 Å². The Hall–Kier alpha value is -1.59. The third-order valence-corrected chi connectivity index (χ3v) is 1.85. The molecule has 0 saturated carbocycles. The largest absolute Gasteiger partial charge is 0.433 e. The predicted molar refractivity (Wildman–Crippen MR) is 43.5 cm³/mol. The highest BCUT2D eigenvalue weighted by Gasteiger charge is 2.32. The van der Waals surface area contributed by atoms with Gasteiger partial charge in [-0.3, -0.25) is 0 Å². The SMILES string of the molecule is Cn1cnc2ccc(C(F)(F)F)nc21. The van der Waals surface area contributed by atoms with Crippen LogP contribution in [0.15, 0.2) is 18.5 Å². The summed E-state index contributed by atoms with van der Waals surface area (Å²) in [5.41, 5.74) is -0.200. The van der Waals surface area contributed by atoms with E-state index in [1.807, 2.05) is 0 Å². The van der Waals surface area contributed by atoms with Crippen LogP contribution in [0.2, 0.25) is 0 Å². The molecule has 0 unspecified atom stereocenters. The van der Waals surface area contributed by atoms with E-state index in [9.17, 15) is 13.2 Å². The van der Waals surface area contributed by atoms with E-state index in [2.05, 4.69) is 9.97 Å². The summed E-state index contributed by atoms with van der Waals surface area (Å²) in [5, 5.41) is 0. The lowest BCUT2D eigenvalue weighted by Gasteiger charge is -2.04. The number of fused-ring (bicyclic) bond motifs is 1. The number of hydrogen-bond donors (Lipinski definition) is 0. The van der Waals surface area contributed by atoms with Crippen molar-refractivity contribution in [1.29, 1.82) is 0 Å². The van der Waals surface area contributed by atoms with E-state index in [1.165, 1.54) is 17.0 Å². The summed E-state index contributed by atoms with van der Waals surface area (Å²) in [6, 6.07) is 2.24. The summed E-state index contributed by atoms with van der Waals surface area (Å²) in [6.45, 7) is 0. The van der Waals surface area contributed by atoms with Gasteiger partial charge in [-0.1, -0.05) is 0 Å². The monoisotopic (exact) mass is 201 g/mol. The Morgan fingerprint density at radius 1 is 1.29 bits per heavy atom. The van der Waals surface area contributed by atoms with E-state index in [0.717, 1.165) is 6.07 Å². The fourth-order valence-electron chi connectivity index (χ4n) is 1.16. The molecule has 0 aliphatic heterocycles. The van der Waals surface area contributed by atoms with Gasteiger partial charge in [-0.2, -0.15) is 13.2 Å². The fourth-order valence-corrected chi connectivity index (χ4v) is 1.16. The van der Waals surface area contributed by atoms with Gasteiger partial charge in [0, 0.05) is 7.05 Å². The Morgan fingerprint density at radius 3 is 2.64 bits per heavy atom. The Labute approximate surface area is 77.2 Å². The smallest absolute Gasteiger partial charge is 0.318 e. The minimum absolute atomic E-state index is 0.236. The van der Waals surface area contributed by atoms with Gasteiger partial charge < -0.3 is 4.57 Å². The molecule has 2 aromatic rings. The van der Waals surface area contributed by atoms with Crippen LogP contribution in [0.25, 0.3) is 11.2 Å². The average Bonchev–Trinajstić information content (AvgIpc) is 2.46. The van der Waals surface area contributed by atoms with E-state index in [4.69, 9.17) is 0 Å². The Kier molecular flexibility index (Phi) is 1.73. The number of alkyl halides is 3. The molecule has 3 nitrogen and oxygen atoms in total. The maximum atomic E-state index is 12.3. The first-order chi connectivity index (χ1) is 6.48. The molecule has 0 bridgehead atoms. The quantitative estimate of drug-likeness (QED) is 0.652. The highest BCUT2D eigenvalue weighted by molar-refractivity contribution is 5.70. The van der Waals surface area contributed by atoms with Crippen molar-refractivity contribution >= 4 is 11.2 Å². The van der Waals surface area contributed by atoms with Gasteiger partial charge in [0.15, 0.2) is 5.65 Å². The molecule has 74 valence electrons. The summed E-state index contributed by atoms with van der Waals surface area (Å²) in [5.74, 6) is 0. The van der Waals surface area contributed by atoms with Crippen molar-refractivity contribution in [1.82, 2.24) is 14.5 Å². The molecule has 2 rings (SSSR count). The highest BCUT2D eigenvalue weighted by atomic mass is 19.4. The van der Waals surface area contributed by atoms with Gasteiger partial charge in [-0.25, -0.2) is 9.97 Å². The lowest BCUT2D eigenvalue weighted by atomic mass is 10.3. The van der Waals surface area contributed by atoms with Gasteiger partial charge in [0.2, 0.25) is 0 Å². The van der Waals surface area contributed by atoms with Gasteiger partial charge in [0.05, 0.1) is 6.33 Å². The lowest BCUT2D eigenvalue weighted by Crippen LogP contribution is -2.08. The minimum atomic E-state index is -4.40. The van der Waals surface area contributed by atoms with E-state index < -0.39 is 11.9 Å². The molecule has 0 aliphatic rings. The predicted octanol–water partition coefficient (Wildman–Crippen LogP) is 1.99. The molecule has 0 radical (unpaired) electrons. The van der Waals surface area contributed by atoms with Gasteiger partial charge >= 0.3 is 6.18 Å². The molecule has 0 N–H and O–H groups in total. The molecular weight excluding hydrogens is 195 g/mol. The van der Waals surface area contributed by atoms with Crippen molar-refractivity contribution in [2.75, 3.05) is 0 Å². The van der Waals surface area contributed by atoms with Crippen LogP contribution in [0.1, 0.15) is 5.69 Å². The Balaban J connectivity index is 2.66. The van der Waals surface area contributed by atoms with Crippen molar-refractivity contribution in [3.8, 4) is 0 Å². The summed E-state index contributed by atoms with van der Waals surface area (Å²) >= 11 is 0. The highest BCUT2D eigenvalue weighted by Crippen LogP contribution is 2.28. The number of halogens is 3. The second kappa shape index (κ2) is 2.70. The molecule has 0 atom stereocenters. The first-order valence-corrected chi connectivity index (χ1v) is 3.84. The van der Waals surface area contributed by atoms with Crippen molar-refractivity contribution in [2.45, 2.75) is 6.18 Å². The van der Waals surface area contributed by atoms with Crippen LogP contribution in [0, 0.1) is 0 Å². The van der Waals surface area contributed by atoms with Crippen molar-refractivity contribution in [2.24, 2.45) is 7.05 Å². The van der Waals surface area contributed by atoms with Crippen LogP contribution >= 0.6 is 0 Å². The van der Waals surface area contributed by atoms with E-state index in [-0.39, 0.29) is 5.65 Å². The number of aromatic nitrogens is 3. The fraction of sp³-hybridized carbons (Fsp3) is 0.250. The van der Waals surface area contributed by atoms with E-state index in [0.29, 0.717) is 5.52 Å². The standard InChI is InChI=1S/C8H6F3N3/c1-14-4-12-5-2-3-6(8(9,10)11)13-7(5)14/h2-4H,1H3. The molecular formula is C8H6F3N3. The molecule has 6 heteroatoms. The molecule has 0 aromatic carbocycles. The second-order valence-corrected chi connectivity index (χ2v) is 2.89. The topological polar surface area (TPSA) is 30.7 Å². The number of aryl methyl sites for hydroxylation is 1. The van der Waals surface area contributed by atoms with Crippen LogP contribution < -0.4 is 0 Å². The Bertz CT molecular complexity index is 472. The van der Waals surface area contributed by atoms with Gasteiger partial charge in [-0.05, 0) is 12.1 Å². The summed E-state index contributed by atoms with van der Waals surface area (Å²) in [7, 11) is 1.60. The molecule has 0 aliphatic carbocycles. The van der Waals surface area contributed by atoms with E-state index >= 15 is 0 Å². The number of imidazole rings is 1. The molecule has 0 spiro atoms. The Morgan fingerprint density at radius 2 is 2.00 bits per heavy atom. The minimum Gasteiger partial charge on any atom is -0.318 e. The van der Waals surface area contributed by atoms with Gasteiger partial charge in [0.1, 0.15) is 11.2 Å². The zero-order chi connectivity index (χ0) is 10.3. The first-order valence-electron chi connectivity index (χ1n) is 3.84. The normalized spacial score (nSPS) is 12.3. The molecule has 0 fully saturated rings. The summed E-state index contributed by atoms with van der Waals surface area (Å²) < 4.78 is 38.2. The number of pyridine rings is 1. The van der Waals surface area contributed by atoms with Crippen molar-refractivity contribution < 1.29 is 13.2 Å². The molecule has 14 heavy (non-hydrogen) atoms. The molecule has 2 heterocycles. The summed E-state index contributed by atoms with van der Waals surface area (Å²) in [4.78, 5) is 7.36. The molecule has 0 amide bonds. The van der Waals surface area contributed by atoms with Gasteiger partial charge in [0.25, 0.3) is 0 Å². The first kappa shape index (κ1) is 8.98. The lowest BCUT2D eigenvalue weighted by molar-refractivity contribution is -0.141. The maximum Gasteiger partial charge on any atom is 0.433 e. The van der Waals surface area contributed by atoms with Crippen LogP contribution in [0.3, 0.4) is 0 Å². The zero-order valence-corrected chi connectivity index (χ0v) is 7.21. The number of hydrogen-bond acceptors (Lipinski definition) is 2. The third kappa shape index (κ3) is 1.32. The molecule has 0 saturated heterocycles. The summed E-state index contributed by atoms with van der Waals surface area (Å²) in [6.07, 6.45) is -2.98.